The van der Waals surface area contributed by atoms with Crippen molar-refractivity contribution in [1.82, 2.24) is 0 Å². The van der Waals surface area contributed by atoms with Gasteiger partial charge in [0.2, 0.25) is 11.8 Å². The van der Waals surface area contributed by atoms with Crippen molar-refractivity contribution in [2.24, 2.45) is 11.8 Å². The van der Waals surface area contributed by atoms with E-state index in [0.717, 1.165) is 31.6 Å². The van der Waals surface area contributed by atoms with Gasteiger partial charge < -0.3 is 9.47 Å². The normalized spacial score (nSPS) is 19.9. The quantitative estimate of drug-likeness (QED) is 0.0767. The highest BCUT2D eigenvalue weighted by atomic mass is 79.9. The molecule has 2 unspecified atom stereocenters. The van der Waals surface area contributed by atoms with Gasteiger partial charge in [0, 0.05) is 21.9 Å². The summed E-state index contributed by atoms with van der Waals surface area (Å²) in [6.07, 6.45) is 0. The minimum absolute atomic E-state index is 0.00762. The Kier molecular flexibility index (Phi) is 7.56. The molecule has 4 aliphatic rings. The van der Waals surface area contributed by atoms with E-state index in [1.807, 2.05) is 48.5 Å². The van der Waals surface area contributed by atoms with E-state index in [2.05, 4.69) is 15.9 Å². The second-order valence-corrected chi connectivity index (χ2v) is 13.1. The first-order chi connectivity index (χ1) is 23.8. The number of ether oxygens (including phenoxy) is 2. The summed E-state index contributed by atoms with van der Waals surface area (Å²) in [6.45, 7) is -0.576. The maximum atomic E-state index is 14.2. The van der Waals surface area contributed by atoms with Gasteiger partial charge >= 0.3 is 11.9 Å². The fraction of sp³-hybridized carbons (Fsp3) is 0.125. The van der Waals surface area contributed by atoms with Gasteiger partial charge in [-0.25, -0.2) is 14.5 Å². The van der Waals surface area contributed by atoms with Gasteiger partial charge in [0.05, 0.1) is 28.7 Å². The predicted octanol–water partition coefficient (Wildman–Crippen LogP) is 7.10. The molecular formula is C40H26BrNO7. The number of amides is 2. The minimum atomic E-state index is -0.839. The summed E-state index contributed by atoms with van der Waals surface area (Å²) in [6, 6.07) is 34.9. The standard InChI is InChI=1S/C40H26BrNO7/c41-24-17-13-23(14-18-24)39(46)49-25-19-15-22(16-20-25)32(43)21-48-40(47)30-11-5-6-12-31(30)42-37(44)35-33-26-7-1-2-8-27(26)34(36(35)38(42)45)29-10-4-3-9-28(29)33/h1-20,33-36H,21H2. The summed E-state index contributed by atoms with van der Waals surface area (Å²) in [5.41, 5.74) is 4.97. The number of para-hydroxylation sites is 1. The van der Waals surface area contributed by atoms with Crippen molar-refractivity contribution < 1.29 is 33.4 Å². The van der Waals surface area contributed by atoms with E-state index in [9.17, 15) is 24.0 Å². The number of hydrogen-bond donors (Lipinski definition) is 0. The number of anilines is 1. The van der Waals surface area contributed by atoms with Gasteiger partial charge in [-0.1, -0.05) is 76.6 Å². The van der Waals surface area contributed by atoms with E-state index in [4.69, 9.17) is 9.47 Å². The highest BCUT2D eigenvalue weighted by Crippen LogP contribution is 2.61. The third-order valence-electron chi connectivity index (χ3n) is 9.61. The van der Waals surface area contributed by atoms with E-state index in [1.165, 1.54) is 30.3 Å². The molecule has 2 amide bonds. The first kappa shape index (κ1) is 30.7. The molecule has 1 saturated heterocycles. The Morgan fingerprint density at radius 1 is 0.592 bits per heavy atom. The zero-order chi connectivity index (χ0) is 33.8. The van der Waals surface area contributed by atoms with Crippen LogP contribution in [-0.2, 0) is 14.3 Å². The van der Waals surface area contributed by atoms with Crippen LogP contribution in [0.4, 0.5) is 5.69 Å². The van der Waals surface area contributed by atoms with Crippen molar-refractivity contribution in [1.29, 1.82) is 0 Å². The third-order valence-corrected chi connectivity index (χ3v) is 10.1. The van der Waals surface area contributed by atoms with E-state index in [0.29, 0.717) is 5.56 Å². The maximum Gasteiger partial charge on any atom is 0.343 e. The van der Waals surface area contributed by atoms with E-state index in [1.54, 1.807) is 42.5 Å². The van der Waals surface area contributed by atoms with Crippen LogP contribution in [-0.4, -0.2) is 36.1 Å². The average Bonchev–Trinajstić information content (AvgIpc) is 3.40. The first-order valence-corrected chi connectivity index (χ1v) is 16.5. The van der Waals surface area contributed by atoms with Crippen LogP contribution in [0.25, 0.3) is 0 Å². The van der Waals surface area contributed by atoms with E-state index >= 15 is 0 Å². The Balaban J connectivity index is 0.992. The van der Waals surface area contributed by atoms with Gasteiger partial charge in [-0.05, 0) is 82.9 Å². The first-order valence-electron chi connectivity index (χ1n) is 15.7. The van der Waals surface area contributed by atoms with Gasteiger partial charge in [-0.2, -0.15) is 0 Å². The summed E-state index contributed by atoms with van der Waals surface area (Å²) >= 11 is 3.32. The van der Waals surface area contributed by atoms with Crippen LogP contribution in [0.3, 0.4) is 0 Å². The van der Waals surface area contributed by atoms with Gasteiger partial charge in [-0.15, -0.1) is 0 Å². The second kappa shape index (κ2) is 12.1. The van der Waals surface area contributed by atoms with Crippen LogP contribution in [0.1, 0.15) is 65.2 Å². The Bertz CT molecular complexity index is 2080. The molecule has 1 fully saturated rings. The number of rotatable bonds is 7. The molecule has 0 N–H and O–H groups in total. The van der Waals surface area contributed by atoms with E-state index < -0.39 is 36.2 Å². The smallest absolute Gasteiger partial charge is 0.343 e. The molecule has 0 saturated carbocycles. The minimum Gasteiger partial charge on any atom is -0.454 e. The molecule has 9 heteroatoms. The Morgan fingerprint density at radius 3 is 1.63 bits per heavy atom. The fourth-order valence-electron chi connectivity index (χ4n) is 7.51. The molecule has 1 aliphatic heterocycles. The monoisotopic (exact) mass is 711 g/mol. The summed E-state index contributed by atoms with van der Waals surface area (Å²) in [7, 11) is 0. The third kappa shape index (κ3) is 5.09. The molecule has 5 aromatic rings. The summed E-state index contributed by atoms with van der Waals surface area (Å²) in [4.78, 5) is 68.4. The van der Waals surface area contributed by atoms with Crippen LogP contribution >= 0.6 is 15.9 Å². The summed E-state index contributed by atoms with van der Waals surface area (Å²) in [5, 5.41) is 0. The molecule has 3 aliphatic carbocycles. The number of carbonyl (C=O) groups excluding carboxylic acids is 5. The molecule has 0 aromatic heterocycles. The van der Waals surface area contributed by atoms with Gasteiger partial charge in [0.15, 0.2) is 12.4 Å². The number of halogens is 1. The van der Waals surface area contributed by atoms with Crippen molar-refractivity contribution in [3.8, 4) is 5.75 Å². The molecule has 5 aromatic carbocycles. The number of benzene rings is 5. The lowest BCUT2D eigenvalue weighted by Gasteiger charge is -2.45. The van der Waals surface area contributed by atoms with E-state index in [-0.39, 0.29) is 46.2 Å². The average molecular weight is 713 g/mol. The zero-order valence-corrected chi connectivity index (χ0v) is 27.3. The highest BCUT2D eigenvalue weighted by Gasteiger charge is 2.62. The number of ketones is 1. The van der Waals surface area contributed by atoms with Crippen LogP contribution < -0.4 is 9.64 Å². The predicted molar refractivity (Wildman–Crippen MR) is 183 cm³/mol. The summed E-state index contributed by atoms with van der Waals surface area (Å²) < 4.78 is 11.6. The Labute approximate surface area is 289 Å². The molecule has 240 valence electrons. The molecule has 2 atom stereocenters. The second-order valence-electron chi connectivity index (χ2n) is 12.2. The van der Waals surface area contributed by atoms with Crippen LogP contribution in [0.5, 0.6) is 5.75 Å². The molecule has 2 bridgehead atoms. The topological polar surface area (TPSA) is 107 Å². The van der Waals surface area contributed by atoms with Crippen molar-refractivity contribution in [3.05, 3.63) is 165 Å². The van der Waals surface area contributed by atoms with Gasteiger partial charge in [0.1, 0.15) is 5.75 Å². The molecule has 0 spiro atoms. The van der Waals surface area contributed by atoms with Crippen molar-refractivity contribution >= 4 is 51.2 Å². The molecule has 49 heavy (non-hydrogen) atoms. The van der Waals surface area contributed by atoms with Gasteiger partial charge in [0.25, 0.3) is 0 Å². The van der Waals surface area contributed by atoms with Crippen molar-refractivity contribution in [2.45, 2.75) is 11.8 Å². The Morgan fingerprint density at radius 2 is 1.08 bits per heavy atom. The lowest BCUT2D eigenvalue weighted by atomic mass is 9.55. The summed E-state index contributed by atoms with van der Waals surface area (Å²) in [5.74, 6) is -4.11. The van der Waals surface area contributed by atoms with Crippen LogP contribution in [0.2, 0.25) is 0 Å². The van der Waals surface area contributed by atoms with Crippen LogP contribution in [0, 0.1) is 11.8 Å². The molecule has 1 heterocycles. The number of nitrogens with zero attached hydrogens (tertiary/aromatic N) is 1. The maximum absolute atomic E-state index is 14.2. The number of carbonyl (C=O) groups is 5. The number of imide groups is 1. The van der Waals surface area contributed by atoms with Crippen LogP contribution in [0.15, 0.2) is 126 Å². The molecule has 8 nitrogen and oxygen atoms in total. The number of esters is 2. The largest absolute Gasteiger partial charge is 0.454 e. The molecule has 0 radical (unpaired) electrons. The van der Waals surface area contributed by atoms with Crippen molar-refractivity contribution in [3.63, 3.8) is 0 Å². The SMILES string of the molecule is O=C(COC(=O)c1ccccc1N1C(=O)C2C3c4ccccc4C(c4ccccc43)C2C1=O)c1ccc(OC(=O)c2ccc(Br)cc2)cc1. The number of Topliss-reactive ketones (excluding diaryl/α,β-unsaturated/α-hetero) is 1. The van der Waals surface area contributed by atoms with Crippen molar-refractivity contribution in [2.75, 3.05) is 11.5 Å². The number of hydrogen-bond acceptors (Lipinski definition) is 7. The lowest BCUT2D eigenvalue weighted by molar-refractivity contribution is -0.122. The van der Waals surface area contributed by atoms with Gasteiger partial charge in [-0.3, -0.25) is 14.4 Å². The zero-order valence-electron chi connectivity index (χ0n) is 25.7. The Hall–Kier alpha value is -5.67. The molecule has 9 rings (SSSR count). The highest BCUT2D eigenvalue weighted by molar-refractivity contribution is 9.10. The molecular weight excluding hydrogens is 686 g/mol. The fourth-order valence-corrected chi connectivity index (χ4v) is 7.77. The lowest BCUT2D eigenvalue weighted by Crippen LogP contribution is -2.41.